The second-order valence-electron chi connectivity index (χ2n) is 7.86. The Hall–Kier alpha value is -4.47. The Morgan fingerprint density at radius 3 is 1.88 bits per heavy atom. The molecule has 0 fully saturated rings. The number of nitro groups is 2. The van der Waals surface area contributed by atoms with Crippen LogP contribution in [0.3, 0.4) is 0 Å². The van der Waals surface area contributed by atoms with Crippen molar-refractivity contribution >= 4 is 28.7 Å². The fourth-order valence-corrected chi connectivity index (χ4v) is 4.93. The van der Waals surface area contributed by atoms with E-state index in [1.54, 1.807) is 24.3 Å². The Bertz CT molecular complexity index is 1300. The maximum atomic E-state index is 12.8. The molecule has 3 aliphatic heterocycles. The van der Waals surface area contributed by atoms with Gasteiger partial charge in [0.1, 0.15) is 0 Å². The summed E-state index contributed by atoms with van der Waals surface area (Å²) in [6.45, 7) is 0.444. The van der Waals surface area contributed by atoms with Crippen molar-refractivity contribution in [1.29, 1.82) is 0 Å². The number of carbonyl (C=O) groups excluding carboxylic acids is 1. The van der Waals surface area contributed by atoms with Gasteiger partial charge in [0.2, 0.25) is 0 Å². The molecule has 3 heterocycles. The third-order valence-corrected chi connectivity index (χ3v) is 6.25. The highest BCUT2D eigenvalue weighted by Crippen LogP contribution is 2.55. The van der Waals surface area contributed by atoms with E-state index in [2.05, 4.69) is 0 Å². The van der Waals surface area contributed by atoms with Crippen molar-refractivity contribution in [2.75, 3.05) is 9.80 Å². The van der Waals surface area contributed by atoms with Gasteiger partial charge in [-0.05, 0) is 18.2 Å². The first-order valence-corrected chi connectivity index (χ1v) is 9.83. The van der Waals surface area contributed by atoms with Gasteiger partial charge in [-0.3, -0.25) is 20.2 Å². The molecule has 0 aliphatic carbocycles. The van der Waals surface area contributed by atoms with Crippen LogP contribution in [0.25, 0.3) is 0 Å². The fraction of sp³-hybridized carbons (Fsp3) is 0.136. The van der Waals surface area contributed by atoms with Gasteiger partial charge in [0.05, 0.1) is 34.1 Å². The van der Waals surface area contributed by atoms with Crippen molar-refractivity contribution < 1.29 is 19.4 Å². The van der Waals surface area contributed by atoms with Crippen molar-refractivity contribution in [2.24, 2.45) is 0 Å². The van der Waals surface area contributed by atoms with Gasteiger partial charge in [-0.15, -0.1) is 0 Å². The van der Waals surface area contributed by atoms with Crippen LogP contribution in [0.5, 0.6) is 0 Å². The first-order valence-electron chi connectivity index (χ1n) is 9.83. The molecule has 3 aromatic carbocycles. The second-order valence-corrected chi connectivity index (χ2v) is 7.86. The molecule has 0 unspecified atom stereocenters. The van der Waals surface area contributed by atoms with E-state index in [9.17, 15) is 25.0 Å². The minimum atomic E-state index is -1.28. The van der Waals surface area contributed by atoms with Gasteiger partial charge in [0.15, 0.2) is 0 Å². The maximum Gasteiger partial charge on any atom is 0.342 e. The topological polar surface area (TPSA) is 119 Å². The number of rotatable bonds is 2. The Morgan fingerprint density at radius 1 is 0.812 bits per heavy atom. The minimum Gasteiger partial charge on any atom is -0.411 e. The average Bonchev–Trinajstić information content (AvgIpc) is 3.06. The number of fused-ring (bicyclic) bond motifs is 5. The standard InChI is InChI=1S/C22H14N4O6/c27-21-17-3-1-2-4-18(17)22(32-21)23-12-14-10-16(26(30)31)6-8-20(14)24(22)11-13-9-15(25(28)29)5-7-19(13)23/h1-10H,11-12H2. The summed E-state index contributed by atoms with van der Waals surface area (Å²) in [5, 5.41) is 22.7. The van der Waals surface area contributed by atoms with Crippen LogP contribution in [0.4, 0.5) is 22.7 Å². The van der Waals surface area contributed by atoms with Crippen LogP contribution in [0.2, 0.25) is 0 Å². The molecule has 0 aromatic heterocycles. The number of hydrogen-bond acceptors (Lipinski definition) is 8. The van der Waals surface area contributed by atoms with E-state index in [4.69, 9.17) is 4.74 Å². The molecule has 0 N–H and O–H groups in total. The molecule has 3 aliphatic rings. The van der Waals surface area contributed by atoms with Gasteiger partial charge >= 0.3 is 5.97 Å². The molecule has 0 atom stereocenters. The van der Waals surface area contributed by atoms with Gasteiger partial charge in [-0.2, -0.15) is 0 Å². The maximum absolute atomic E-state index is 12.8. The molecule has 32 heavy (non-hydrogen) atoms. The number of benzene rings is 3. The predicted molar refractivity (Wildman–Crippen MR) is 112 cm³/mol. The third kappa shape index (κ3) is 2.20. The van der Waals surface area contributed by atoms with Crippen LogP contribution >= 0.6 is 0 Å². The Kier molecular flexibility index (Phi) is 3.45. The molecule has 0 saturated carbocycles. The number of ether oxygens (including phenoxy) is 1. The average molecular weight is 430 g/mol. The molecule has 1 spiro atoms. The smallest absolute Gasteiger partial charge is 0.342 e. The Morgan fingerprint density at radius 2 is 1.34 bits per heavy atom. The van der Waals surface area contributed by atoms with E-state index < -0.39 is 21.7 Å². The molecule has 3 aromatic rings. The lowest BCUT2D eigenvalue weighted by atomic mass is 9.92. The van der Waals surface area contributed by atoms with Crippen molar-refractivity contribution in [2.45, 2.75) is 18.9 Å². The van der Waals surface area contributed by atoms with Crippen LogP contribution in [-0.2, 0) is 23.7 Å². The summed E-state index contributed by atoms with van der Waals surface area (Å²) in [6, 6.07) is 16.2. The van der Waals surface area contributed by atoms with E-state index in [0.717, 1.165) is 0 Å². The zero-order valence-corrected chi connectivity index (χ0v) is 16.4. The summed E-state index contributed by atoms with van der Waals surface area (Å²) >= 11 is 0. The molecule has 10 heteroatoms. The number of nitro benzene ring substituents is 2. The first-order chi connectivity index (χ1) is 15.4. The van der Waals surface area contributed by atoms with Crippen molar-refractivity contribution in [3.63, 3.8) is 0 Å². The number of non-ortho nitro benzene ring substituents is 2. The van der Waals surface area contributed by atoms with Crippen molar-refractivity contribution in [3.05, 3.63) is 103 Å². The summed E-state index contributed by atoms with van der Waals surface area (Å²) < 4.78 is 6.04. The summed E-state index contributed by atoms with van der Waals surface area (Å²) in [6.07, 6.45) is 0. The Balaban J connectivity index is 1.62. The number of esters is 1. The highest BCUT2D eigenvalue weighted by Gasteiger charge is 2.59. The molecule has 158 valence electrons. The summed E-state index contributed by atoms with van der Waals surface area (Å²) in [5.41, 5.74) is 3.79. The zero-order chi connectivity index (χ0) is 22.2. The lowest BCUT2D eigenvalue weighted by molar-refractivity contribution is -0.385. The molecule has 6 rings (SSSR count). The molecule has 10 nitrogen and oxygen atoms in total. The van der Waals surface area contributed by atoms with Crippen LogP contribution in [-0.4, -0.2) is 15.8 Å². The minimum absolute atomic E-state index is 0.0343. The molecule has 0 amide bonds. The lowest BCUT2D eigenvalue weighted by Gasteiger charge is -2.56. The van der Waals surface area contributed by atoms with E-state index in [-0.39, 0.29) is 24.5 Å². The van der Waals surface area contributed by atoms with E-state index in [1.165, 1.54) is 24.3 Å². The summed E-state index contributed by atoms with van der Waals surface area (Å²) in [7, 11) is 0. The normalized spacial score (nSPS) is 16.8. The monoisotopic (exact) mass is 430 g/mol. The fourth-order valence-electron chi connectivity index (χ4n) is 4.93. The number of anilines is 2. The summed E-state index contributed by atoms with van der Waals surface area (Å²) in [4.78, 5) is 38.3. The third-order valence-electron chi connectivity index (χ3n) is 6.25. The molecular weight excluding hydrogens is 416 g/mol. The van der Waals surface area contributed by atoms with Crippen LogP contribution in [0.15, 0.2) is 60.7 Å². The molecule has 2 bridgehead atoms. The van der Waals surface area contributed by atoms with Crippen molar-refractivity contribution in [1.82, 2.24) is 0 Å². The Labute approximate surface area is 180 Å². The zero-order valence-electron chi connectivity index (χ0n) is 16.4. The highest BCUT2D eigenvalue weighted by molar-refractivity contribution is 5.96. The van der Waals surface area contributed by atoms with Gasteiger partial charge in [-0.1, -0.05) is 18.2 Å². The predicted octanol–water partition coefficient (Wildman–Crippen LogP) is 3.82. The van der Waals surface area contributed by atoms with Gasteiger partial charge < -0.3 is 14.5 Å². The van der Waals surface area contributed by atoms with Crippen LogP contribution in [0, 0.1) is 20.2 Å². The number of carbonyl (C=O) groups is 1. The van der Waals surface area contributed by atoms with E-state index in [1.807, 2.05) is 21.9 Å². The highest BCUT2D eigenvalue weighted by atomic mass is 16.6. The largest absolute Gasteiger partial charge is 0.411 e. The van der Waals surface area contributed by atoms with Crippen LogP contribution < -0.4 is 9.80 Å². The first kappa shape index (κ1) is 18.3. The van der Waals surface area contributed by atoms with Crippen LogP contribution in [0.1, 0.15) is 27.0 Å². The van der Waals surface area contributed by atoms with E-state index >= 15 is 0 Å². The second kappa shape index (κ2) is 6.03. The number of nitrogens with zero attached hydrogens (tertiary/aromatic N) is 4. The van der Waals surface area contributed by atoms with E-state index in [0.29, 0.717) is 33.6 Å². The van der Waals surface area contributed by atoms with Crippen molar-refractivity contribution in [3.8, 4) is 0 Å². The quantitative estimate of drug-likeness (QED) is 0.342. The summed E-state index contributed by atoms with van der Waals surface area (Å²) in [5.74, 6) is -1.74. The van der Waals surface area contributed by atoms with Gasteiger partial charge in [-0.25, -0.2) is 4.79 Å². The molecule has 0 radical (unpaired) electrons. The lowest BCUT2D eigenvalue weighted by Crippen LogP contribution is -2.63. The number of hydrogen-bond donors (Lipinski definition) is 0. The SMILES string of the molecule is O=C1OC2(c3ccccc31)N1Cc3cc([N+](=O)[O-])ccc3N2Cc2cc([N+](=O)[O-])ccc21. The molecule has 0 saturated heterocycles. The van der Waals surface area contributed by atoms with Gasteiger partial charge in [0.25, 0.3) is 17.2 Å². The van der Waals surface area contributed by atoms with Gasteiger partial charge in [0, 0.05) is 46.8 Å². The molecular formula is C22H14N4O6.